The molecule has 1 heterocycles. The molecule has 18 heavy (non-hydrogen) atoms. The lowest BCUT2D eigenvalue weighted by Crippen LogP contribution is -2.35. The van der Waals surface area contributed by atoms with Crippen LogP contribution in [0.2, 0.25) is 0 Å². The van der Waals surface area contributed by atoms with Crippen molar-refractivity contribution in [1.29, 1.82) is 0 Å². The van der Waals surface area contributed by atoms with Gasteiger partial charge in [0.05, 0.1) is 6.61 Å². The number of carbonyl (C=O) groups is 1. The Labute approximate surface area is 110 Å². The summed E-state index contributed by atoms with van der Waals surface area (Å²) in [6, 6.07) is 0. The van der Waals surface area contributed by atoms with Crippen molar-refractivity contribution >= 4 is 5.91 Å². The highest BCUT2D eigenvalue weighted by Crippen LogP contribution is 2.44. The van der Waals surface area contributed by atoms with Crippen LogP contribution >= 0.6 is 0 Å². The Morgan fingerprint density at radius 1 is 1.44 bits per heavy atom. The van der Waals surface area contributed by atoms with Gasteiger partial charge in [-0.05, 0) is 50.6 Å². The van der Waals surface area contributed by atoms with E-state index in [2.05, 4.69) is 17.6 Å². The first-order valence-electron chi connectivity index (χ1n) is 7.23. The van der Waals surface area contributed by atoms with Crippen molar-refractivity contribution in [1.82, 2.24) is 10.6 Å². The minimum absolute atomic E-state index is 0.0215. The molecule has 0 bridgehead atoms. The second-order valence-electron chi connectivity index (χ2n) is 6.20. The maximum atomic E-state index is 11.9. The largest absolute Gasteiger partial charge is 0.396 e. The highest BCUT2D eigenvalue weighted by atomic mass is 16.3. The first kappa shape index (κ1) is 13.8. The van der Waals surface area contributed by atoms with Gasteiger partial charge in [0.25, 0.3) is 0 Å². The Hall–Kier alpha value is -0.610. The summed E-state index contributed by atoms with van der Waals surface area (Å²) in [6.07, 6.45) is 5.11. The van der Waals surface area contributed by atoms with Crippen molar-refractivity contribution in [2.24, 2.45) is 17.3 Å². The van der Waals surface area contributed by atoms with Crippen molar-refractivity contribution in [3.63, 3.8) is 0 Å². The maximum Gasteiger partial charge on any atom is 0.220 e. The Morgan fingerprint density at radius 2 is 2.11 bits per heavy atom. The fourth-order valence-electron chi connectivity index (χ4n) is 2.80. The molecule has 0 aromatic rings. The van der Waals surface area contributed by atoms with Crippen molar-refractivity contribution in [2.75, 3.05) is 26.2 Å². The molecule has 1 unspecified atom stereocenters. The molecule has 3 N–H and O–H groups in total. The van der Waals surface area contributed by atoms with Gasteiger partial charge in [-0.3, -0.25) is 4.79 Å². The molecule has 1 aliphatic carbocycles. The highest BCUT2D eigenvalue weighted by molar-refractivity contribution is 5.76. The Morgan fingerprint density at radius 3 is 2.67 bits per heavy atom. The number of carbonyl (C=O) groups excluding carboxylic acids is 1. The lowest BCUT2D eigenvalue weighted by atomic mass is 9.84. The third-order valence-corrected chi connectivity index (χ3v) is 4.65. The normalized spacial score (nSPS) is 24.6. The van der Waals surface area contributed by atoms with Gasteiger partial charge in [-0.1, -0.05) is 6.92 Å². The Bertz CT molecular complexity index is 284. The van der Waals surface area contributed by atoms with Gasteiger partial charge in [-0.25, -0.2) is 0 Å². The molecule has 0 radical (unpaired) electrons. The third kappa shape index (κ3) is 3.69. The Kier molecular flexibility index (Phi) is 4.62. The van der Waals surface area contributed by atoms with Gasteiger partial charge < -0.3 is 15.7 Å². The van der Waals surface area contributed by atoms with Crippen LogP contribution in [-0.2, 0) is 4.79 Å². The minimum Gasteiger partial charge on any atom is -0.396 e. The van der Waals surface area contributed by atoms with E-state index < -0.39 is 0 Å². The molecular formula is C14H26N2O2. The number of amides is 1. The molecule has 1 aliphatic heterocycles. The number of piperidine rings is 1. The number of aliphatic hydroxyl groups excluding tert-OH is 1. The predicted octanol–water partition coefficient (Wildman–Crippen LogP) is 0.901. The maximum absolute atomic E-state index is 11.9. The fraction of sp³-hybridized carbons (Fsp3) is 0.929. The molecule has 2 fully saturated rings. The van der Waals surface area contributed by atoms with Crippen LogP contribution < -0.4 is 10.6 Å². The van der Waals surface area contributed by atoms with E-state index in [1.54, 1.807) is 0 Å². The van der Waals surface area contributed by atoms with Crippen molar-refractivity contribution in [3.8, 4) is 0 Å². The second kappa shape index (κ2) is 6.02. The molecular weight excluding hydrogens is 228 g/mol. The van der Waals surface area contributed by atoms with Crippen LogP contribution in [0.15, 0.2) is 0 Å². The van der Waals surface area contributed by atoms with E-state index in [9.17, 15) is 9.90 Å². The second-order valence-corrected chi connectivity index (χ2v) is 6.20. The summed E-state index contributed by atoms with van der Waals surface area (Å²) in [7, 11) is 0. The van der Waals surface area contributed by atoms with E-state index in [-0.39, 0.29) is 17.9 Å². The van der Waals surface area contributed by atoms with Crippen molar-refractivity contribution < 1.29 is 9.90 Å². The smallest absolute Gasteiger partial charge is 0.220 e. The summed E-state index contributed by atoms with van der Waals surface area (Å²) in [5.41, 5.74) is 0.0215. The molecule has 1 saturated carbocycles. The topological polar surface area (TPSA) is 61.4 Å². The van der Waals surface area contributed by atoms with E-state index in [0.29, 0.717) is 24.8 Å². The van der Waals surface area contributed by atoms with E-state index in [0.717, 1.165) is 25.9 Å². The van der Waals surface area contributed by atoms with Crippen molar-refractivity contribution in [3.05, 3.63) is 0 Å². The van der Waals surface area contributed by atoms with Crippen LogP contribution in [-0.4, -0.2) is 37.3 Å². The van der Waals surface area contributed by atoms with Gasteiger partial charge >= 0.3 is 0 Å². The molecule has 4 heteroatoms. The van der Waals surface area contributed by atoms with Crippen LogP contribution in [0.4, 0.5) is 0 Å². The first-order chi connectivity index (χ1) is 8.65. The van der Waals surface area contributed by atoms with Gasteiger partial charge in [-0.15, -0.1) is 0 Å². The zero-order valence-corrected chi connectivity index (χ0v) is 11.4. The zero-order valence-electron chi connectivity index (χ0n) is 11.4. The highest BCUT2D eigenvalue weighted by Gasteiger charge is 2.42. The zero-order chi connectivity index (χ0) is 13.0. The number of hydrogen-bond acceptors (Lipinski definition) is 3. The van der Waals surface area contributed by atoms with Crippen LogP contribution in [0.5, 0.6) is 0 Å². The molecule has 2 aliphatic rings. The van der Waals surface area contributed by atoms with Gasteiger partial charge in [0.15, 0.2) is 0 Å². The molecule has 2 rings (SSSR count). The third-order valence-electron chi connectivity index (χ3n) is 4.65. The molecule has 1 amide bonds. The van der Waals surface area contributed by atoms with Gasteiger partial charge in [0.1, 0.15) is 0 Å². The van der Waals surface area contributed by atoms with Crippen molar-refractivity contribution in [2.45, 2.75) is 39.0 Å². The summed E-state index contributed by atoms with van der Waals surface area (Å²) in [6.45, 7) is 5.22. The average Bonchev–Trinajstić information content (AvgIpc) is 3.18. The lowest BCUT2D eigenvalue weighted by molar-refractivity contribution is -0.122. The molecule has 0 spiro atoms. The summed E-state index contributed by atoms with van der Waals surface area (Å²) in [4.78, 5) is 11.9. The van der Waals surface area contributed by atoms with Crippen LogP contribution in [0.3, 0.4) is 0 Å². The van der Waals surface area contributed by atoms with E-state index >= 15 is 0 Å². The molecule has 4 nitrogen and oxygen atoms in total. The summed E-state index contributed by atoms with van der Waals surface area (Å²) in [5.74, 6) is 1.31. The molecule has 0 aromatic heterocycles. The molecule has 104 valence electrons. The Balaban J connectivity index is 1.66. The van der Waals surface area contributed by atoms with Crippen LogP contribution in [0, 0.1) is 17.3 Å². The number of hydrogen-bond donors (Lipinski definition) is 3. The number of nitrogens with one attached hydrogen (secondary N) is 2. The quantitative estimate of drug-likeness (QED) is 0.660. The number of aliphatic hydroxyl groups is 1. The van der Waals surface area contributed by atoms with Gasteiger partial charge in [0, 0.05) is 18.4 Å². The van der Waals surface area contributed by atoms with Crippen LogP contribution in [0.25, 0.3) is 0 Å². The summed E-state index contributed by atoms with van der Waals surface area (Å²) in [5, 5.41) is 15.5. The van der Waals surface area contributed by atoms with E-state index in [1.165, 1.54) is 12.8 Å². The SMILES string of the molecule is CC(CC(=O)NCC1(CO)CC1)C1CCNCC1. The fourth-order valence-corrected chi connectivity index (χ4v) is 2.80. The standard InChI is InChI=1S/C14H26N2O2/c1-11(12-2-6-15-7-3-12)8-13(18)16-9-14(10-17)4-5-14/h11-12,15,17H,2-10H2,1H3,(H,16,18). The summed E-state index contributed by atoms with van der Waals surface area (Å²) < 4.78 is 0. The van der Waals surface area contributed by atoms with Gasteiger partial charge in [0.2, 0.25) is 5.91 Å². The van der Waals surface area contributed by atoms with Crippen LogP contribution in [0.1, 0.15) is 39.0 Å². The first-order valence-corrected chi connectivity index (χ1v) is 7.23. The van der Waals surface area contributed by atoms with E-state index in [1.807, 2.05) is 0 Å². The monoisotopic (exact) mass is 254 g/mol. The molecule has 1 atom stereocenters. The molecule has 1 saturated heterocycles. The average molecular weight is 254 g/mol. The minimum atomic E-state index is 0.0215. The van der Waals surface area contributed by atoms with Gasteiger partial charge in [-0.2, -0.15) is 0 Å². The lowest BCUT2D eigenvalue weighted by Gasteiger charge is -2.28. The van der Waals surface area contributed by atoms with E-state index in [4.69, 9.17) is 0 Å². The number of rotatable bonds is 6. The summed E-state index contributed by atoms with van der Waals surface area (Å²) >= 11 is 0. The predicted molar refractivity (Wildman–Crippen MR) is 71.1 cm³/mol. The molecule has 0 aromatic carbocycles.